The van der Waals surface area contributed by atoms with Gasteiger partial charge in [0.2, 0.25) is 5.82 Å². The third-order valence-corrected chi connectivity index (χ3v) is 2.03. The molecule has 2 N–H and O–H groups in total. The lowest BCUT2D eigenvalue weighted by atomic mass is 10.1. The summed E-state index contributed by atoms with van der Waals surface area (Å²) in [5, 5.41) is 18.1. The van der Waals surface area contributed by atoms with Crippen molar-refractivity contribution in [1.82, 2.24) is 9.97 Å². The van der Waals surface area contributed by atoms with Gasteiger partial charge in [-0.05, 0) is 6.07 Å². The second kappa shape index (κ2) is 3.58. The lowest BCUT2D eigenvalue weighted by Crippen LogP contribution is -2.06. The number of nitrogens with zero attached hydrogens (tertiary/aromatic N) is 2. The molecular formula is C10H6N2O4. The summed E-state index contributed by atoms with van der Waals surface area (Å²) in [4.78, 5) is 28.8. The molecule has 80 valence electrons. The first-order valence-electron chi connectivity index (χ1n) is 4.32. The third-order valence-electron chi connectivity index (χ3n) is 2.03. The van der Waals surface area contributed by atoms with Crippen molar-refractivity contribution in [3.63, 3.8) is 0 Å². The van der Waals surface area contributed by atoms with Crippen LogP contribution in [0.2, 0.25) is 0 Å². The SMILES string of the molecule is O=C(O)c1ncc2cccc(C(=O)O)c2n1. The molecule has 1 aromatic carbocycles. The fourth-order valence-electron chi connectivity index (χ4n) is 1.33. The number of aromatic nitrogens is 2. The standard InChI is InChI=1S/C10H6N2O4/c13-9(14)6-3-1-2-5-4-11-8(10(15)16)12-7(5)6/h1-4H,(H,13,14)(H,15,16). The molecule has 0 fully saturated rings. The number of carboxylic acids is 2. The maximum Gasteiger partial charge on any atom is 0.373 e. The van der Waals surface area contributed by atoms with E-state index in [9.17, 15) is 9.59 Å². The van der Waals surface area contributed by atoms with E-state index in [1.165, 1.54) is 12.3 Å². The lowest BCUT2D eigenvalue weighted by Gasteiger charge is -2.01. The van der Waals surface area contributed by atoms with Gasteiger partial charge in [0.05, 0.1) is 11.1 Å². The number of carboxylic acid groups (broad SMARTS) is 2. The maximum atomic E-state index is 10.9. The highest BCUT2D eigenvalue weighted by atomic mass is 16.4. The van der Waals surface area contributed by atoms with Crippen molar-refractivity contribution in [2.75, 3.05) is 0 Å². The van der Waals surface area contributed by atoms with Crippen molar-refractivity contribution in [1.29, 1.82) is 0 Å². The van der Waals surface area contributed by atoms with Crippen molar-refractivity contribution in [3.05, 3.63) is 35.8 Å². The quantitative estimate of drug-likeness (QED) is 0.780. The molecule has 0 atom stereocenters. The predicted molar refractivity (Wildman–Crippen MR) is 53.5 cm³/mol. The zero-order valence-electron chi connectivity index (χ0n) is 7.91. The van der Waals surface area contributed by atoms with E-state index in [0.29, 0.717) is 5.39 Å². The molecule has 0 aliphatic heterocycles. The Morgan fingerprint density at radius 2 is 1.88 bits per heavy atom. The summed E-state index contributed by atoms with van der Waals surface area (Å²) in [5.41, 5.74) is 0.0878. The van der Waals surface area contributed by atoms with Crippen LogP contribution in [0.1, 0.15) is 21.0 Å². The van der Waals surface area contributed by atoms with Gasteiger partial charge in [-0.15, -0.1) is 0 Å². The Morgan fingerprint density at radius 3 is 2.50 bits per heavy atom. The molecule has 2 rings (SSSR count). The molecule has 1 aromatic heterocycles. The number of benzene rings is 1. The Kier molecular flexibility index (Phi) is 2.24. The number of hydrogen-bond donors (Lipinski definition) is 2. The molecule has 0 aliphatic rings. The molecule has 0 bridgehead atoms. The number of carbonyl (C=O) groups is 2. The van der Waals surface area contributed by atoms with E-state index in [0.717, 1.165) is 0 Å². The van der Waals surface area contributed by atoms with Crippen LogP contribution in [-0.4, -0.2) is 32.1 Å². The van der Waals surface area contributed by atoms with Crippen LogP contribution in [0, 0.1) is 0 Å². The molecule has 0 saturated carbocycles. The molecule has 16 heavy (non-hydrogen) atoms. The van der Waals surface area contributed by atoms with E-state index < -0.39 is 17.8 Å². The van der Waals surface area contributed by atoms with E-state index in [1.807, 2.05) is 0 Å². The highest BCUT2D eigenvalue weighted by Crippen LogP contribution is 2.15. The smallest absolute Gasteiger partial charge is 0.373 e. The van der Waals surface area contributed by atoms with Gasteiger partial charge in [-0.1, -0.05) is 12.1 Å². The monoisotopic (exact) mass is 218 g/mol. The van der Waals surface area contributed by atoms with Crippen molar-refractivity contribution < 1.29 is 19.8 Å². The van der Waals surface area contributed by atoms with E-state index in [1.54, 1.807) is 12.1 Å². The molecule has 0 amide bonds. The maximum absolute atomic E-state index is 10.9. The molecule has 0 saturated heterocycles. The van der Waals surface area contributed by atoms with E-state index in [2.05, 4.69) is 9.97 Å². The average Bonchev–Trinajstić information content (AvgIpc) is 2.27. The van der Waals surface area contributed by atoms with Crippen LogP contribution in [0.5, 0.6) is 0 Å². The van der Waals surface area contributed by atoms with Gasteiger partial charge in [-0.2, -0.15) is 0 Å². The fourth-order valence-corrected chi connectivity index (χ4v) is 1.33. The topological polar surface area (TPSA) is 100 Å². The normalized spacial score (nSPS) is 10.2. The molecule has 2 aromatic rings. The van der Waals surface area contributed by atoms with Crippen LogP contribution in [0.3, 0.4) is 0 Å². The fraction of sp³-hybridized carbons (Fsp3) is 0. The molecule has 0 radical (unpaired) electrons. The second-order valence-corrected chi connectivity index (χ2v) is 3.05. The minimum Gasteiger partial charge on any atom is -0.478 e. The van der Waals surface area contributed by atoms with Gasteiger partial charge in [0.1, 0.15) is 0 Å². The van der Waals surface area contributed by atoms with E-state index in [-0.39, 0.29) is 11.1 Å². The Morgan fingerprint density at radius 1 is 1.12 bits per heavy atom. The van der Waals surface area contributed by atoms with Crippen molar-refractivity contribution in [3.8, 4) is 0 Å². The van der Waals surface area contributed by atoms with Crippen LogP contribution < -0.4 is 0 Å². The first-order valence-corrected chi connectivity index (χ1v) is 4.32. The molecular weight excluding hydrogens is 212 g/mol. The Bertz CT molecular complexity index is 594. The highest BCUT2D eigenvalue weighted by molar-refractivity contribution is 6.02. The first-order chi connectivity index (χ1) is 7.59. The van der Waals surface area contributed by atoms with Gasteiger partial charge in [-0.3, -0.25) is 0 Å². The summed E-state index contributed by atoms with van der Waals surface area (Å²) >= 11 is 0. The minimum atomic E-state index is -1.29. The van der Waals surface area contributed by atoms with E-state index >= 15 is 0 Å². The lowest BCUT2D eigenvalue weighted by molar-refractivity contribution is 0.0675. The van der Waals surface area contributed by atoms with Gasteiger partial charge in [-0.25, -0.2) is 19.6 Å². The van der Waals surface area contributed by atoms with E-state index in [4.69, 9.17) is 10.2 Å². The van der Waals surface area contributed by atoms with Crippen LogP contribution in [0.25, 0.3) is 10.9 Å². The van der Waals surface area contributed by atoms with Crippen molar-refractivity contribution in [2.24, 2.45) is 0 Å². The predicted octanol–water partition coefficient (Wildman–Crippen LogP) is 1.03. The Hall–Kier alpha value is -2.50. The highest BCUT2D eigenvalue weighted by Gasteiger charge is 2.13. The largest absolute Gasteiger partial charge is 0.478 e. The summed E-state index contributed by atoms with van der Waals surface area (Å²) < 4.78 is 0. The minimum absolute atomic E-state index is 0.0394. The van der Waals surface area contributed by atoms with Gasteiger partial charge in [0, 0.05) is 11.6 Å². The molecule has 1 heterocycles. The van der Waals surface area contributed by atoms with Crippen molar-refractivity contribution in [2.45, 2.75) is 0 Å². The van der Waals surface area contributed by atoms with Gasteiger partial charge in [0.25, 0.3) is 0 Å². The zero-order chi connectivity index (χ0) is 11.7. The third kappa shape index (κ3) is 1.56. The van der Waals surface area contributed by atoms with Crippen molar-refractivity contribution >= 4 is 22.8 Å². The summed E-state index contributed by atoms with van der Waals surface area (Å²) in [5.74, 6) is -2.86. The zero-order valence-corrected chi connectivity index (χ0v) is 7.91. The van der Waals surface area contributed by atoms with Gasteiger partial charge < -0.3 is 10.2 Å². The molecule has 0 spiro atoms. The molecule has 0 unspecified atom stereocenters. The number of rotatable bonds is 2. The van der Waals surface area contributed by atoms with Gasteiger partial charge >= 0.3 is 11.9 Å². The molecule has 6 nitrogen and oxygen atoms in total. The van der Waals surface area contributed by atoms with Crippen LogP contribution in [-0.2, 0) is 0 Å². The second-order valence-electron chi connectivity index (χ2n) is 3.05. The van der Waals surface area contributed by atoms with Gasteiger partial charge in [0.15, 0.2) is 0 Å². The Labute approximate surface area is 89.2 Å². The van der Waals surface area contributed by atoms with Crippen LogP contribution in [0.15, 0.2) is 24.4 Å². The summed E-state index contributed by atoms with van der Waals surface area (Å²) in [6.45, 7) is 0. The summed E-state index contributed by atoms with van der Waals surface area (Å²) in [7, 11) is 0. The van der Waals surface area contributed by atoms with Crippen LogP contribution in [0.4, 0.5) is 0 Å². The number of hydrogen-bond acceptors (Lipinski definition) is 4. The number of aromatic carboxylic acids is 2. The number of para-hydroxylation sites is 1. The summed E-state index contributed by atoms with van der Waals surface area (Å²) in [6.07, 6.45) is 1.29. The first kappa shape index (κ1) is 10.0. The summed E-state index contributed by atoms with van der Waals surface area (Å²) in [6, 6.07) is 4.53. The molecule has 6 heteroatoms. The Balaban J connectivity index is 2.78. The number of fused-ring (bicyclic) bond motifs is 1. The average molecular weight is 218 g/mol. The molecule has 0 aliphatic carbocycles. The van der Waals surface area contributed by atoms with Crippen LogP contribution >= 0.6 is 0 Å².